The SMILES string of the molecule is CN1CCN(c2cncc3[nH]c(-c4n[nH]c5ccc(-c6cc(I)cc(CN7CCCC7)c6)cc45)nc23)CC1. The lowest BCUT2D eigenvalue weighted by Crippen LogP contribution is -2.44. The third-order valence-electron chi connectivity index (χ3n) is 7.90. The van der Waals surface area contributed by atoms with Crippen molar-refractivity contribution in [2.45, 2.75) is 19.4 Å². The molecule has 9 heteroatoms. The molecular formula is C29H31IN8. The van der Waals surface area contributed by atoms with Gasteiger partial charge in [0.05, 0.1) is 29.1 Å². The van der Waals surface area contributed by atoms with Gasteiger partial charge in [-0.05, 0) is 103 Å². The quantitative estimate of drug-likeness (QED) is 0.267. The van der Waals surface area contributed by atoms with Gasteiger partial charge in [-0.2, -0.15) is 5.10 Å². The molecule has 8 nitrogen and oxygen atoms in total. The van der Waals surface area contributed by atoms with Gasteiger partial charge in [-0.1, -0.05) is 6.07 Å². The van der Waals surface area contributed by atoms with Crippen molar-refractivity contribution in [3.05, 3.63) is 57.9 Å². The number of pyridine rings is 1. The summed E-state index contributed by atoms with van der Waals surface area (Å²) >= 11 is 2.44. The van der Waals surface area contributed by atoms with Crippen LogP contribution in [0.3, 0.4) is 0 Å². The predicted molar refractivity (Wildman–Crippen MR) is 161 cm³/mol. The predicted octanol–water partition coefficient (Wildman–Crippen LogP) is 5.12. The van der Waals surface area contributed by atoms with Gasteiger partial charge in [0.2, 0.25) is 0 Å². The van der Waals surface area contributed by atoms with Gasteiger partial charge in [-0.3, -0.25) is 15.0 Å². The number of aromatic amines is 2. The number of nitrogens with zero attached hydrogens (tertiary/aromatic N) is 6. The number of hydrogen-bond donors (Lipinski definition) is 2. The Kier molecular flexibility index (Phi) is 6.29. The van der Waals surface area contributed by atoms with Gasteiger partial charge in [0.25, 0.3) is 0 Å². The van der Waals surface area contributed by atoms with Crippen molar-refractivity contribution in [2.24, 2.45) is 0 Å². The lowest BCUT2D eigenvalue weighted by atomic mass is 10.0. The fraction of sp³-hybridized carbons (Fsp3) is 0.345. The first-order chi connectivity index (χ1) is 18.6. The minimum absolute atomic E-state index is 0.768. The Morgan fingerprint density at radius 3 is 2.58 bits per heavy atom. The molecule has 2 saturated heterocycles. The molecule has 2 N–H and O–H groups in total. The standard InChI is InChI=1S/C29H31IN8/c1-36-8-10-38(11-9-36)26-17-31-16-25-28(26)33-29(32-25)27-23-15-20(4-5-24(23)34-35-27)21-12-19(13-22(30)14-21)18-37-6-2-3-7-37/h4-5,12-17H,2-3,6-11,18H2,1H3,(H,32,33)(H,34,35). The minimum atomic E-state index is 0.768. The van der Waals surface area contributed by atoms with Gasteiger partial charge in [0.15, 0.2) is 5.82 Å². The molecule has 3 aromatic heterocycles. The minimum Gasteiger partial charge on any atom is -0.366 e. The van der Waals surface area contributed by atoms with Crippen molar-refractivity contribution in [1.82, 2.24) is 34.9 Å². The lowest BCUT2D eigenvalue weighted by Gasteiger charge is -2.33. The van der Waals surface area contributed by atoms with Crippen LogP contribution in [0, 0.1) is 3.57 Å². The average molecular weight is 619 g/mol. The second-order valence-corrected chi connectivity index (χ2v) is 11.8. The van der Waals surface area contributed by atoms with Crippen molar-refractivity contribution in [3.63, 3.8) is 0 Å². The number of rotatable bonds is 5. The molecule has 5 heterocycles. The summed E-state index contributed by atoms with van der Waals surface area (Å²) in [5.41, 5.74) is 8.63. The van der Waals surface area contributed by atoms with E-state index in [9.17, 15) is 0 Å². The van der Waals surface area contributed by atoms with E-state index in [0.29, 0.717) is 0 Å². The van der Waals surface area contributed by atoms with Crippen molar-refractivity contribution in [1.29, 1.82) is 0 Å². The zero-order chi connectivity index (χ0) is 25.6. The summed E-state index contributed by atoms with van der Waals surface area (Å²) < 4.78 is 1.27. The lowest BCUT2D eigenvalue weighted by molar-refractivity contribution is 0.313. The van der Waals surface area contributed by atoms with Gasteiger partial charge in [-0.25, -0.2) is 4.98 Å². The second kappa shape index (κ2) is 9.94. The molecule has 0 spiro atoms. The average Bonchev–Trinajstić information content (AvgIpc) is 3.68. The summed E-state index contributed by atoms with van der Waals surface area (Å²) in [5, 5.41) is 8.96. The van der Waals surface area contributed by atoms with Gasteiger partial charge in [0, 0.05) is 41.7 Å². The Bertz CT molecular complexity index is 1610. The molecule has 7 rings (SSSR count). The molecule has 0 aliphatic carbocycles. The van der Waals surface area contributed by atoms with Crippen LogP contribution in [0.2, 0.25) is 0 Å². The summed E-state index contributed by atoms with van der Waals surface area (Å²) in [7, 11) is 2.17. The summed E-state index contributed by atoms with van der Waals surface area (Å²) in [5.74, 6) is 0.768. The van der Waals surface area contributed by atoms with Crippen LogP contribution in [0.15, 0.2) is 48.8 Å². The monoisotopic (exact) mass is 618 g/mol. The third kappa shape index (κ3) is 4.56. The van der Waals surface area contributed by atoms with Crippen LogP contribution in [0.4, 0.5) is 5.69 Å². The molecular weight excluding hydrogens is 587 g/mol. The number of anilines is 1. The summed E-state index contributed by atoms with van der Waals surface area (Å²) in [4.78, 5) is 20.4. The number of hydrogen-bond acceptors (Lipinski definition) is 6. The van der Waals surface area contributed by atoms with E-state index in [-0.39, 0.29) is 0 Å². The molecule has 0 radical (unpaired) electrons. The number of likely N-dealkylation sites (N-methyl/N-ethyl adjacent to an activating group) is 1. The number of fused-ring (bicyclic) bond motifs is 2. The maximum Gasteiger partial charge on any atom is 0.159 e. The van der Waals surface area contributed by atoms with Gasteiger partial charge >= 0.3 is 0 Å². The first-order valence-corrected chi connectivity index (χ1v) is 14.5. The molecule has 0 unspecified atom stereocenters. The summed E-state index contributed by atoms with van der Waals surface area (Å²) in [6.45, 7) is 7.46. The van der Waals surface area contributed by atoms with Crippen molar-refractivity contribution >= 4 is 50.2 Å². The molecule has 0 atom stereocenters. The van der Waals surface area contributed by atoms with E-state index in [1.807, 2.05) is 12.4 Å². The Hall–Kier alpha value is -3.02. The Balaban J connectivity index is 1.25. The first-order valence-electron chi connectivity index (χ1n) is 13.4. The zero-order valence-corrected chi connectivity index (χ0v) is 23.7. The van der Waals surface area contributed by atoms with E-state index in [2.05, 4.69) is 101 Å². The van der Waals surface area contributed by atoms with E-state index in [0.717, 1.165) is 71.9 Å². The van der Waals surface area contributed by atoms with Crippen LogP contribution < -0.4 is 4.90 Å². The number of likely N-dealkylation sites (tertiary alicyclic amines) is 1. The van der Waals surface area contributed by atoms with Gasteiger partial charge in [-0.15, -0.1) is 0 Å². The Labute approximate surface area is 235 Å². The van der Waals surface area contributed by atoms with E-state index in [1.165, 1.54) is 46.2 Å². The third-order valence-corrected chi connectivity index (χ3v) is 8.52. The molecule has 2 aliphatic heterocycles. The molecule has 5 aromatic rings. The highest BCUT2D eigenvalue weighted by atomic mass is 127. The van der Waals surface area contributed by atoms with Crippen LogP contribution in [-0.2, 0) is 6.54 Å². The normalized spacial score (nSPS) is 17.3. The highest BCUT2D eigenvalue weighted by Crippen LogP contribution is 2.33. The fourth-order valence-electron chi connectivity index (χ4n) is 5.79. The maximum atomic E-state index is 5.05. The Morgan fingerprint density at radius 2 is 1.74 bits per heavy atom. The molecule has 2 aliphatic rings. The number of imidazole rings is 1. The van der Waals surface area contributed by atoms with Crippen LogP contribution in [0.1, 0.15) is 18.4 Å². The fourth-order valence-corrected chi connectivity index (χ4v) is 6.53. The van der Waals surface area contributed by atoms with Gasteiger partial charge in [0.1, 0.15) is 11.2 Å². The van der Waals surface area contributed by atoms with Crippen LogP contribution in [0.25, 0.3) is 44.6 Å². The van der Waals surface area contributed by atoms with Crippen molar-refractivity contribution in [3.8, 4) is 22.6 Å². The first kappa shape index (κ1) is 24.1. The largest absolute Gasteiger partial charge is 0.366 e. The molecule has 0 saturated carbocycles. The van der Waals surface area contributed by atoms with Crippen molar-refractivity contribution in [2.75, 3.05) is 51.2 Å². The zero-order valence-electron chi connectivity index (χ0n) is 21.5. The number of nitrogens with one attached hydrogen (secondary N) is 2. The summed E-state index contributed by atoms with van der Waals surface area (Å²) in [6, 6.07) is 13.5. The number of halogens is 1. The molecule has 0 bridgehead atoms. The van der Waals surface area contributed by atoms with Gasteiger partial charge < -0.3 is 14.8 Å². The topological polar surface area (TPSA) is 80.0 Å². The highest BCUT2D eigenvalue weighted by Gasteiger charge is 2.21. The van der Waals surface area contributed by atoms with E-state index < -0.39 is 0 Å². The number of aromatic nitrogens is 5. The van der Waals surface area contributed by atoms with E-state index >= 15 is 0 Å². The maximum absolute atomic E-state index is 5.05. The molecule has 2 fully saturated rings. The smallest absolute Gasteiger partial charge is 0.159 e. The number of H-pyrrole nitrogens is 2. The molecule has 194 valence electrons. The Morgan fingerprint density at radius 1 is 0.895 bits per heavy atom. The van der Waals surface area contributed by atoms with E-state index in [1.54, 1.807) is 0 Å². The van der Waals surface area contributed by atoms with Crippen LogP contribution in [0.5, 0.6) is 0 Å². The molecule has 38 heavy (non-hydrogen) atoms. The number of piperazine rings is 1. The molecule has 2 aromatic carbocycles. The van der Waals surface area contributed by atoms with E-state index in [4.69, 9.17) is 4.98 Å². The van der Waals surface area contributed by atoms with Crippen LogP contribution in [-0.4, -0.2) is 81.3 Å². The second-order valence-electron chi connectivity index (χ2n) is 10.6. The molecule has 0 amide bonds. The highest BCUT2D eigenvalue weighted by molar-refractivity contribution is 14.1. The van der Waals surface area contributed by atoms with Crippen LogP contribution >= 0.6 is 22.6 Å². The summed E-state index contributed by atoms with van der Waals surface area (Å²) in [6.07, 6.45) is 6.42. The van der Waals surface area contributed by atoms with Crippen molar-refractivity contribution < 1.29 is 0 Å². The number of benzene rings is 2.